The van der Waals surface area contributed by atoms with Crippen LogP contribution in [-0.2, 0) is 16.1 Å². The summed E-state index contributed by atoms with van der Waals surface area (Å²) in [4.78, 5) is 61.1. The molecular weight excluding hydrogens is 390 g/mol. The monoisotopic (exact) mass is 409 g/mol. The fraction of sp³-hybridized carbons (Fsp3) is 0.190. The highest BCUT2D eigenvalue weighted by Gasteiger charge is 2.34. The Kier molecular flexibility index (Phi) is 5.91. The molecule has 0 bridgehead atoms. The predicted molar refractivity (Wildman–Crippen MR) is 105 cm³/mol. The highest BCUT2D eigenvalue weighted by atomic mass is 16.5. The Morgan fingerprint density at radius 3 is 2.07 bits per heavy atom. The number of nitrogens with zero attached hydrogens (tertiary/aromatic N) is 1. The molecule has 1 aliphatic rings. The maximum atomic E-state index is 12.4. The molecule has 3 rings (SSSR count). The molecule has 30 heavy (non-hydrogen) atoms. The third-order valence-corrected chi connectivity index (χ3v) is 4.53. The predicted octanol–water partition coefficient (Wildman–Crippen LogP) is 1.48. The summed E-state index contributed by atoms with van der Waals surface area (Å²) < 4.78 is 5.04. The number of urea groups is 1. The van der Waals surface area contributed by atoms with Crippen molar-refractivity contribution >= 4 is 29.7 Å². The molecule has 0 spiro atoms. The largest absolute Gasteiger partial charge is 0.449 e. The summed E-state index contributed by atoms with van der Waals surface area (Å²) in [7, 11) is 1.35. The Labute approximate surface area is 172 Å². The van der Waals surface area contributed by atoms with E-state index in [4.69, 9.17) is 4.74 Å². The van der Waals surface area contributed by atoms with E-state index in [-0.39, 0.29) is 23.9 Å². The molecule has 0 fully saturated rings. The number of carbonyl (C=O) groups excluding carboxylic acids is 5. The van der Waals surface area contributed by atoms with Crippen molar-refractivity contribution in [1.82, 2.24) is 15.5 Å². The normalized spacial score (nSPS) is 13.5. The Bertz CT molecular complexity index is 996. The van der Waals surface area contributed by atoms with Gasteiger partial charge in [0.15, 0.2) is 6.10 Å². The van der Waals surface area contributed by atoms with Crippen molar-refractivity contribution in [2.75, 3.05) is 7.05 Å². The Balaban J connectivity index is 1.62. The zero-order valence-electron chi connectivity index (χ0n) is 16.3. The van der Waals surface area contributed by atoms with Crippen LogP contribution < -0.4 is 10.6 Å². The number of hydrogen-bond donors (Lipinski definition) is 2. The second-order valence-electron chi connectivity index (χ2n) is 6.55. The summed E-state index contributed by atoms with van der Waals surface area (Å²) in [5.41, 5.74) is 1.56. The van der Waals surface area contributed by atoms with Gasteiger partial charge in [0.1, 0.15) is 0 Å². The van der Waals surface area contributed by atoms with Gasteiger partial charge < -0.3 is 10.1 Å². The first-order valence-electron chi connectivity index (χ1n) is 9.09. The minimum atomic E-state index is -1.17. The summed E-state index contributed by atoms with van der Waals surface area (Å²) in [6.07, 6.45) is -1.17. The van der Waals surface area contributed by atoms with Crippen LogP contribution in [0.3, 0.4) is 0 Å². The van der Waals surface area contributed by atoms with Crippen molar-refractivity contribution in [3.63, 3.8) is 0 Å². The van der Waals surface area contributed by atoms with Crippen LogP contribution in [0.2, 0.25) is 0 Å². The summed E-state index contributed by atoms with van der Waals surface area (Å²) in [6, 6.07) is 12.0. The van der Waals surface area contributed by atoms with Crippen molar-refractivity contribution in [1.29, 1.82) is 0 Å². The Morgan fingerprint density at radius 1 is 0.967 bits per heavy atom. The fourth-order valence-corrected chi connectivity index (χ4v) is 2.87. The molecule has 2 aromatic rings. The molecular formula is C21H19N3O6. The van der Waals surface area contributed by atoms with E-state index in [0.717, 1.165) is 4.90 Å². The van der Waals surface area contributed by atoms with Crippen molar-refractivity contribution in [2.45, 2.75) is 19.6 Å². The van der Waals surface area contributed by atoms with E-state index >= 15 is 0 Å². The van der Waals surface area contributed by atoms with E-state index in [9.17, 15) is 24.0 Å². The number of amides is 5. The van der Waals surface area contributed by atoms with E-state index in [1.165, 1.54) is 26.1 Å². The van der Waals surface area contributed by atoms with Crippen molar-refractivity contribution in [2.24, 2.45) is 0 Å². The first kappa shape index (κ1) is 20.7. The number of ether oxygens (including phenoxy) is 1. The smallest absolute Gasteiger partial charge is 0.338 e. The number of imide groups is 2. The van der Waals surface area contributed by atoms with Crippen LogP contribution >= 0.6 is 0 Å². The molecule has 9 nitrogen and oxygen atoms in total. The second kappa shape index (κ2) is 8.56. The van der Waals surface area contributed by atoms with Crippen LogP contribution in [0.5, 0.6) is 0 Å². The van der Waals surface area contributed by atoms with Crippen molar-refractivity contribution in [3.05, 3.63) is 70.8 Å². The number of esters is 1. The molecule has 1 aliphatic heterocycles. The number of carbonyl (C=O) groups is 5. The molecule has 1 heterocycles. The van der Waals surface area contributed by atoms with E-state index in [2.05, 4.69) is 5.32 Å². The second-order valence-corrected chi connectivity index (χ2v) is 6.55. The lowest BCUT2D eigenvalue weighted by atomic mass is 10.1. The molecule has 1 unspecified atom stereocenters. The Morgan fingerprint density at radius 2 is 1.53 bits per heavy atom. The first-order valence-corrected chi connectivity index (χ1v) is 9.09. The van der Waals surface area contributed by atoms with Crippen LogP contribution in [0.4, 0.5) is 4.79 Å². The molecule has 9 heteroatoms. The molecule has 0 radical (unpaired) electrons. The van der Waals surface area contributed by atoms with Gasteiger partial charge in [0.25, 0.3) is 17.7 Å². The number of benzene rings is 2. The molecule has 154 valence electrons. The summed E-state index contributed by atoms with van der Waals surface area (Å²) in [5.74, 6) is -2.24. The summed E-state index contributed by atoms with van der Waals surface area (Å²) in [6.45, 7) is 1.40. The zero-order chi connectivity index (χ0) is 21.8. The van der Waals surface area contributed by atoms with Gasteiger partial charge in [-0.15, -0.1) is 0 Å². The average molecular weight is 409 g/mol. The van der Waals surface area contributed by atoms with Crippen LogP contribution in [0.25, 0.3) is 0 Å². The zero-order valence-corrected chi connectivity index (χ0v) is 16.3. The van der Waals surface area contributed by atoms with E-state index in [1.54, 1.807) is 36.4 Å². The molecule has 0 saturated heterocycles. The Hall–Kier alpha value is -4.01. The molecule has 2 aromatic carbocycles. The van der Waals surface area contributed by atoms with Gasteiger partial charge >= 0.3 is 12.0 Å². The van der Waals surface area contributed by atoms with Gasteiger partial charge in [-0.3, -0.25) is 24.6 Å². The maximum absolute atomic E-state index is 12.4. The number of fused-ring (bicyclic) bond motifs is 1. The van der Waals surface area contributed by atoms with Crippen molar-refractivity contribution < 1.29 is 28.7 Å². The lowest BCUT2D eigenvalue weighted by Gasteiger charge is -2.15. The highest BCUT2D eigenvalue weighted by molar-refractivity contribution is 6.21. The fourth-order valence-electron chi connectivity index (χ4n) is 2.87. The lowest BCUT2D eigenvalue weighted by Crippen LogP contribution is -2.43. The molecule has 0 saturated carbocycles. The minimum Gasteiger partial charge on any atom is -0.449 e. The molecule has 2 N–H and O–H groups in total. The summed E-state index contributed by atoms with van der Waals surface area (Å²) in [5, 5.41) is 4.24. The van der Waals surface area contributed by atoms with E-state index in [1.807, 2.05) is 5.32 Å². The van der Waals surface area contributed by atoms with Gasteiger partial charge in [-0.2, -0.15) is 0 Å². The lowest BCUT2D eigenvalue weighted by molar-refractivity contribution is -0.127. The molecule has 0 aliphatic carbocycles. The molecule has 1 atom stereocenters. The van der Waals surface area contributed by atoms with Crippen LogP contribution in [0, 0.1) is 0 Å². The number of rotatable bonds is 5. The summed E-state index contributed by atoms with van der Waals surface area (Å²) >= 11 is 0. The molecule has 0 aromatic heterocycles. The average Bonchev–Trinajstić information content (AvgIpc) is 2.99. The third kappa shape index (κ3) is 4.19. The van der Waals surface area contributed by atoms with Gasteiger partial charge in [-0.1, -0.05) is 24.3 Å². The minimum absolute atomic E-state index is 0.0621. The molecule has 5 amide bonds. The third-order valence-electron chi connectivity index (χ3n) is 4.53. The van der Waals surface area contributed by atoms with Crippen LogP contribution in [-0.4, -0.2) is 47.8 Å². The standard InChI is InChI=1S/C21H19N3O6/c1-12(17(25)23-21(29)22-2)30-20(28)14-9-7-13(8-10-14)11-24-18(26)15-5-3-4-6-16(15)19(24)27/h3-10,12H,11H2,1-2H3,(H2,22,23,25,29). The van der Waals surface area contributed by atoms with Gasteiger partial charge in [-0.05, 0) is 36.8 Å². The van der Waals surface area contributed by atoms with E-state index < -0.39 is 24.0 Å². The van der Waals surface area contributed by atoms with E-state index in [0.29, 0.717) is 16.7 Å². The van der Waals surface area contributed by atoms with Crippen LogP contribution in [0.1, 0.15) is 43.6 Å². The number of nitrogens with one attached hydrogen (secondary N) is 2. The topological polar surface area (TPSA) is 122 Å². The van der Waals surface area contributed by atoms with Gasteiger partial charge in [0.2, 0.25) is 0 Å². The first-order chi connectivity index (χ1) is 14.3. The van der Waals surface area contributed by atoms with Crippen molar-refractivity contribution in [3.8, 4) is 0 Å². The number of hydrogen-bond acceptors (Lipinski definition) is 6. The maximum Gasteiger partial charge on any atom is 0.338 e. The van der Waals surface area contributed by atoms with Gasteiger partial charge in [0.05, 0.1) is 23.2 Å². The SMILES string of the molecule is CNC(=O)NC(=O)C(C)OC(=O)c1ccc(CN2C(=O)c3ccccc3C2=O)cc1. The highest BCUT2D eigenvalue weighted by Crippen LogP contribution is 2.24. The quantitative estimate of drug-likeness (QED) is 0.570. The van der Waals surface area contributed by atoms with Gasteiger partial charge in [-0.25, -0.2) is 9.59 Å². The van der Waals surface area contributed by atoms with Crippen LogP contribution in [0.15, 0.2) is 48.5 Å². The van der Waals surface area contributed by atoms with Gasteiger partial charge in [0, 0.05) is 7.05 Å².